The van der Waals surface area contributed by atoms with Crippen LogP contribution in [0.4, 0.5) is 0 Å². The van der Waals surface area contributed by atoms with Gasteiger partial charge in [-0.05, 0) is 38.1 Å². The second-order valence-electron chi connectivity index (χ2n) is 5.08. The Morgan fingerprint density at radius 2 is 2.05 bits per heavy atom. The number of carbonyl (C=O) groups excluding carboxylic acids is 1. The van der Waals surface area contributed by atoms with Gasteiger partial charge in [-0.1, -0.05) is 23.2 Å². The van der Waals surface area contributed by atoms with Gasteiger partial charge in [0.1, 0.15) is 5.54 Å². The van der Waals surface area contributed by atoms with E-state index in [2.05, 4.69) is 16.3 Å². The van der Waals surface area contributed by atoms with Crippen LogP contribution in [-0.4, -0.2) is 36.5 Å². The van der Waals surface area contributed by atoms with Gasteiger partial charge in [0.2, 0.25) is 0 Å². The van der Waals surface area contributed by atoms with Gasteiger partial charge in [0.15, 0.2) is 0 Å². The average molecular weight is 312 g/mol. The van der Waals surface area contributed by atoms with E-state index in [4.69, 9.17) is 23.2 Å². The van der Waals surface area contributed by atoms with Crippen LogP contribution in [0.3, 0.4) is 0 Å². The lowest BCUT2D eigenvalue weighted by Gasteiger charge is -2.36. The Balaban J connectivity index is 2.18. The molecule has 1 aliphatic heterocycles. The fourth-order valence-corrected chi connectivity index (χ4v) is 2.60. The number of hydrogen-bond acceptors (Lipinski definition) is 3. The summed E-state index contributed by atoms with van der Waals surface area (Å²) in [6.45, 7) is 1.55. The quantitative estimate of drug-likeness (QED) is 0.913. The van der Waals surface area contributed by atoms with E-state index in [0.29, 0.717) is 28.5 Å². The highest BCUT2D eigenvalue weighted by atomic mass is 35.5. The molecule has 0 spiro atoms. The Kier molecular flexibility index (Phi) is 4.54. The molecule has 1 fully saturated rings. The van der Waals surface area contributed by atoms with Gasteiger partial charge < -0.3 is 10.2 Å². The van der Waals surface area contributed by atoms with E-state index in [9.17, 15) is 10.1 Å². The molecule has 0 radical (unpaired) electrons. The van der Waals surface area contributed by atoms with Crippen LogP contribution in [0, 0.1) is 11.3 Å². The summed E-state index contributed by atoms with van der Waals surface area (Å²) < 4.78 is 0. The van der Waals surface area contributed by atoms with Crippen LogP contribution in [0.1, 0.15) is 23.2 Å². The Bertz CT molecular complexity index is 560. The van der Waals surface area contributed by atoms with Crippen molar-refractivity contribution in [2.75, 3.05) is 20.1 Å². The van der Waals surface area contributed by atoms with E-state index in [-0.39, 0.29) is 5.91 Å². The maximum atomic E-state index is 12.3. The molecule has 1 aromatic carbocycles. The molecular formula is C14H15Cl2N3O. The third-order valence-corrected chi connectivity index (χ3v) is 4.15. The zero-order valence-electron chi connectivity index (χ0n) is 11.1. The first-order chi connectivity index (χ1) is 9.46. The lowest BCUT2D eigenvalue weighted by molar-refractivity contribution is 0.0882. The predicted molar refractivity (Wildman–Crippen MR) is 79.0 cm³/mol. The molecule has 0 atom stereocenters. The van der Waals surface area contributed by atoms with Gasteiger partial charge in [-0.3, -0.25) is 4.79 Å². The monoisotopic (exact) mass is 311 g/mol. The fourth-order valence-electron chi connectivity index (χ4n) is 2.22. The molecule has 1 aromatic rings. The number of hydrogen-bond donors (Lipinski definition) is 1. The Morgan fingerprint density at radius 3 is 2.65 bits per heavy atom. The predicted octanol–water partition coefficient (Wildman–Crippen LogP) is 2.71. The summed E-state index contributed by atoms with van der Waals surface area (Å²) in [4.78, 5) is 14.4. The maximum absolute atomic E-state index is 12.3. The molecule has 0 aliphatic carbocycles. The molecule has 1 aliphatic rings. The number of carbonyl (C=O) groups is 1. The van der Waals surface area contributed by atoms with Crippen LogP contribution in [0.2, 0.25) is 10.0 Å². The van der Waals surface area contributed by atoms with Crippen molar-refractivity contribution in [3.63, 3.8) is 0 Å². The SMILES string of the molecule is CN1CCC(C#N)(NC(=O)c2cc(Cl)ccc2Cl)CC1. The summed E-state index contributed by atoms with van der Waals surface area (Å²) >= 11 is 11.9. The first-order valence-corrected chi connectivity index (χ1v) is 7.09. The smallest absolute Gasteiger partial charge is 0.254 e. The van der Waals surface area contributed by atoms with Gasteiger partial charge in [-0.15, -0.1) is 0 Å². The molecule has 1 N–H and O–H groups in total. The molecule has 0 unspecified atom stereocenters. The van der Waals surface area contributed by atoms with Gasteiger partial charge in [0, 0.05) is 18.1 Å². The summed E-state index contributed by atoms with van der Waals surface area (Å²) in [5.41, 5.74) is -0.525. The summed E-state index contributed by atoms with van der Waals surface area (Å²) in [7, 11) is 2.00. The van der Waals surface area contributed by atoms with Crippen LogP contribution in [0.25, 0.3) is 0 Å². The molecule has 1 saturated heterocycles. The summed E-state index contributed by atoms with van der Waals surface area (Å²) in [6, 6.07) is 6.95. The van der Waals surface area contributed by atoms with Gasteiger partial charge in [0.25, 0.3) is 5.91 Å². The van der Waals surface area contributed by atoms with Crippen molar-refractivity contribution in [2.24, 2.45) is 0 Å². The summed E-state index contributed by atoms with van der Waals surface area (Å²) in [5.74, 6) is -0.358. The zero-order valence-corrected chi connectivity index (χ0v) is 12.6. The topological polar surface area (TPSA) is 56.1 Å². The van der Waals surface area contributed by atoms with Crippen molar-refractivity contribution in [1.82, 2.24) is 10.2 Å². The molecule has 0 bridgehead atoms. The molecule has 1 amide bonds. The number of nitrogens with zero attached hydrogens (tertiary/aromatic N) is 2. The van der Waals surface area contributed by atoms with E-state index in [1.807, 2.05) is 7.05 Å². The van der Waals surface area contributed by atoms with Crippen molar-refractivity contribution in [2.45, 2.75) is 18.4 Å². The largest absolute Gasteiger partial charge is 0.334 e. The highest BCUT2D eigenvalue weighted by Gasteiger charge is 2.35. The van der Waals surface area contributed by atoms with Gasteiger partial charge in [-0.2, -0.15) is 5.26 Å². The number of rotatable bonds is 2. The number of benzene rings is 1. The number of likely N-dealkylation sites (tertiary alicyclic amines) is 1. The molecule has 106 valence electrons. The van der Waals surface area contributed by atoms with E-state index in [0.717, 1.165) is 13.1 Å². The third kappa shape index (κ3) is 3.24. The highest BCUT2D eigenvalue weighted by Crippen LogP contribution is 2.24. The van der Waals surface area contributed by atoms with E-state index < -0.39 is 5.54 Å². The number of halogens is 2. The second-order valence-corrected chi connectivity index (χ2v) is 5.92. The minimum absolute atomic E-state index is 0.299. The van der Waals surface area contributed by atoms with Crippen LogP contribution >= 0.6 is 23.2 Å². The lowest BCUT2D eigenvalue weighted by Crippen LogP contribution is -2.53. The highest BCUT2D eigenvalue weighted by molar-refractivity contribution is 6.35. The Hall–Kier alpha value is -1.28. The maximum Gasteiger partial charge on any atom is 0.254 e. The first-order valence-electron chi connectivity index (χ1n) is 6.33. The van der Waals surface area contributed by atoms with Crippen molar-refractivity contribution >= 4 is 29.1 Å². The lowest BCUT2D eigenvalue weighted by atomic mass is 9.89. The number of nitriles is 1. The van der Waals surface area contributed by atoms with Gasteiger partial charge in [-0.25, -0.2) is 0 Å². The molecule has 6 heteroatoms. The molecule has 4 nitrogen and oxygen atoms in total. The van der Waals surface area contributed by atoms with Crippen molar-refractivity contribution < 1.29 is 4.79 Å². The summed E-state index contributed by atoms with van der Waals surface area (Å²) in [5, 5.41) is 13.0. The molecule has 1 heterocycles. The average Bonchev–Trinajstić information content (AvgIpc) is 2.44. The first kappa shape index (κ1) is 15.1. The third-order valence-electron chi connectivity index (χ3n) is 3.58. The number of amides is 1. The number of nitrogens with one attached hydrogen (secondary N) is 1. The second kappa shape index (κ2) is 6.01. The van der Waals surface area contributed by atoms with Crippen LogP contribution < -0.4 is 5.32 Å². The molecule has 0 saturated carbocycles. The van der Waals surface area contributed by atoms with Crippen LogP contribution in [0.5, 0.6) is 0 Å². The fraction of sp³-hybridized carbons (Fsp3) is 0.429. The normalized spacial score (nSPS) is 18.3. The molecule has 0 aromatic heterocycles. The minimum Gasteiger partial charge on any atom is -0.334 e. The zero-order chi connectivity index (χ0) is 14.8. The van der Waals surface area contributed by atoms with E-state index in [1.54, 1.807) is 12.1 Å². The van der Waals surface area contributed by atoms with E-state index in [1.165, 1.54) is 6.07 Å². The van der Waals surface area contributed by atoms with Gasteiger partial charge in [0.05, 0.1) is 16.7 Å². The molecule has 2 rings (SSSR count). The van der Waals surface area contributed by atoms with Crippen LogP contribution in [0.15, 0.2) is 18.2 Å². The van der Waals surface area contributed by atoms with Gasteiger partial charge >= 0.3 is 0 Å². The van der Waals surface area contributed by atoms with E-state index >= 15 is 0 Å². The van der Waals surface area contributed by atoms with Crippen LogP contribution in [-0.2, 0) is 0 Å². The standard InChI is InChI=1S/C14H15Cl2N3O/c1-19-6-4-14(9-17,5-7-19)18-13(20)11-8-10(15)2-3-12(11)16/h2-3,8H,4-7H2,1H3,(H,18,20). The Morgan fingerprint density at radius 1 is 1.40 bits per heavy atom. The summed E-state index contributed by atoms with van der Waals surface area (Å²) in [6.07, 6.45) is 1.20. The molecule has 20 heavy (non-hydrogen) atoms. The van der Waals surface area contributed by atoms with Crippen molar-refractivity contribution in [1.29, 1.82) is 5.26 Å². The van der Waals surface area contributed by atoms with Crippen molar-refractivity contribution in [3.8, 4) is 6.07 Å². The minimum atomic E-state index is -0.824. The Labute approximate surface area is 128 Å². The molecular weight excluding hydrogens is 297 g/mol. The van der Waals surface area contributed by atoms with Crippen molar-refractivity contribution in [3.05, 3.63) is 33.8 Å². The number of piperidine rings is 1.